The van der Waals surface area contributed by atoms with Crippen LogP contribution in [0.3, 0.4) is 0 Å². The van der Waals surface area contributed by atoms with Gasteiger partial charge in [0, 0.05) is 17.6 Å². The number of unbranched alkanes of at least 4 members (excludes halogenated alkanes) is 1. The lowest BCUT2D eigenvalue weighted by atomic mass is 10.3. The van der Waals surface area contributed by atoms with Gasteiger partial charge in [0.15, 0.2) is 5.58 Å². The zero-order valence-electron chi connectivity index (χ0n) is 8.50. The largest absolute Gasteiger partial charge is 0.419 e. The van der Waals surface area contributed by atoms with Gasteiger partial charge in [0.2, 0.25) is 0 Å². The predicted octanol–water partition coefficient (Wildman–Crippen LogP) is 3.05. The molecule has 0 saturated heterocycles. The lowest BCUT2D eigenvalue weighted by Gasteiger charge is -1.99. The zero-order chi connectivity index (χ0) is 10.8. The molecule has 0 aliphatic heterocycles. The Kier molecular flexibility index (Phi) is 2.82. The van der Waals surface area contributed by atoms with Gasteiger partial charge in [-0.05, 0) is 18.6 Å². The molecule has 1 aromatic carbocycles. The van der Waals surface area contributed by atoms with Crippen molar-refractivity contribution in [3.63, 3.8) is 0 Å². The second-order valence-electron chi connectivity index (χ2n) is 3.49. The summed E-state index contributed by atoms with van der Waals surface area (Å²) in [5.74, 6) is -0.305. The minimum absolute atomic E-state index is 0.305. The van der Waals surface area contributed by atoms with Gasteiger partial charge in [-0.2, -0.15) is 0 Å². The van der Waals surface area contributed by atoms with E-state index in [1.165, 1.54) is 0 Å². The number of nitrogens with zero attached hydrogens (tertiary/aromatic N) is 1. The number of halogens is 1. The molecule has 4 heteroatoms. The first-order valence-electron chi connectivity index (χ1n) is 5.01. The van der Waals surface area contributed by atoms with Crippen LogP contribution in [0.2, 0.25) is 5.02 Å². The van der Waals surface area contributed by atoms with Gasteiger partial charge in [0.1, 0.15) is 0 Å². The Bertz CT molecular complexity index is 527. The first kappa shape index (κ1) is 10.3. The number of aryl methyl sites for hydroxylation is 1. The molecule has 3 nitrogen and oxygen atoms in total. The minimum atomic E-state index is -0.305. The SMILES string of the molecule is CCCCn1c(=O)oc2cc(Cl)ccc21. The lowest BCUT2D eigenvalue weighted by molar-refractivity contribution is 0.496. The van der Waals surface area contributed by atoms with Gasteiger partial charge in [0.25, 0.3) is 0 Å². The summed E-state index contributed by atoms with van der Waals surface area (Å²) in [5, 5.41) is 0.582. The summed E-state index contributed by atoms with van der Waals surface area (Å²) in [6.45, 7) is 2.79. The Morgan fingerprint density at radius 3 is 3.00 bits per heavy atom. The van der Waals surface area contributed by atoms with E-state index >= 15 is 0 Å². The molecule has 0 spiro atoms. The number of benzene rings is 1. The molecule has 15 heavy (non-hydrogen) atoms. The standard InChI is InChI=1S/C11H12ClNO2/c1-2-3-6-13-9-5-4-8(12)7-10(9)15-11(13)14/h4-5,7H,2-3,6H2,1H3. The Labute approximate surface area is 92.3 Å². The van der Waals surface area contributed by atoms with Crippen molar-refractivity contribution in [1.29, 1.82) is 0 Å². The minimum Gasteiger partial charge on any atom is -0.408 e. The number of fused-ring (bicyclic) bond motifs is 1. The number of hydrogen-bond acceptors (Lipinski definition) is 2. The first-order chi connectivity index (χ1) is 7.22. The van der Waals surface area contributed by atoms with Crippen LogP contribution in [-0.2, 0) is 6.54 Å². The fourth-order valence-electron chi connectivity index (χ4n) is 1.57. The Hall–Kier alpha value is -1.22. The molecule has 0 radical (unpaired) electrons. The van der Waals surface area contributed by atoms with E-state index in [-0.39, 0.29) is 5.76 Å². The van der Waals surface area contributed by atoms with Crippen molar-refractivity contribution in [3.05, 3.63) is 33.8 Å². The van der Waals surface area contributed by atoms with E-state index in [0.29, 0.717) is 17.2 Å². The molecule has 0 aliphatic rings. The quantitative estimate of drug-likeness (QED) is 0.805. The molecule has 0 aliphatic carbocycles. The molecular formula is C11H12ClNO2. The highest BCUT2D eigenvalue weighted by Gasteiger charge is 2.08. The van der Waals surface area contributed by atoms with Crippen molar-refractivity contribution >= 4 is 22.7 Å². The molecule has 0 fully saturated rings. The van der Waals surface area contributed by atoms with Crippen LogP contribution in [0, 0.1) is 0 Å². The zero-order valence-corrected chi connectivity index (χ0v) is 9.25. The van der Waals surface area contributed by atoms with E-state index in [1.54, 1.807) is 16.7 Å². The molecule has 1 aromatic heterocycles. The normalized spacial score (nSPS) is 11.1. The van der Waals surface area contributed by atoms with Crippen LogP contribution >= 0.6 is 11.6 Å². The van der Waals surface area contributed by atoms with Crippen LogP contribution in [0.1, 0.15) is 19.8 Å². The second kappa shape index (κ2) is 4.11. The molecule has 2 aromatic rings. The molecule has 0 saturated carbocycles. The molecule has 0 amide bonds. The molecule has 80 valence electrons. The van der Waals surface area contributed by atoms with E-state index in [2.05, 4.69) is 6.92 Å². The Morgan fingerprint density at radius 2 is 2.27 bits per heavy atom. The first-order valence-corrected chi connectivity index (χ1v) is 5.39. The highest BCUT2D eigenvalue weighted by Crippen LogP contribution is 2.18. The maximum atomic E-state index is 11.5. The molecule has 1 heterocycles. The number of hydrogen-bond donors (Lipinski definition) is 0. The smallest absolute Gasteiger partial charge is 0.408 e. The number of rotatable bonds is 3. The summed E-state index contributed by atoms with van der Waals surface area (Å²) in [4.78, 5) is 11.5. The average Bonchev–Trinajstić information content (AvgIpc) is 2.50. The third-order valence-corrected chi connectivity index (χ3v) is 2.60. The maximum absolute atomic E-state index is 11.5. The van der Waals surface area contributed by atoms with Crippen LogP contribution in [0.25, 0.3) is 11.1 Å². The van der Waals surface area contributed by atoms with Gasteiger partial charge >= 0.3 is 5.76 Å². The summed E-state index contributed by atoms with van der Waals surface area (Å²) >= 11 is 5.81. The highest BCUT2D eigenvalue weighted by atomic mass is 35.5. The molecule has 0 bridgehead atoms. The van der Waals surface area contributed by atoms with E-state index in [4.69, 9.17) is 16.0 Å². The van der Waals surface area contributed by atoms with Gasteiger partial charge in [-0.1, -0.05) is 24.9 Å². The topological polar surface area (TPSA) is 35.1 Å². The third-order valence-electron chi connectivity index (χ3n) is 2.37. The van der Waals surface area contributed by atoms with Crippen molar-refractivity contribution in [2.24, 2.45) is 0 Å². The summed E-state index contributed by atoms with van der Waals surface area (Å²) < 4.78 is 6.75. The summed E-state index contributed by atoms with van der Waals surface area (Å²) in [7, 11) is 0. The summed E-state index contributed by atoms with van der Waals surface area (Å²) in [6.07, 6.45) is 2.02. The molecular weight excluding hydrogens is 214 g/mol. The van der Waals surface area contributed by atoms with Gasteiger partial charge in [-0.3, -0.25) is 4.57 Å². The van der Waals surface area contributed by atoms with Crippen LogP contribution in [0.4, 0.5) is 0 Å². The van der Waals surface area contributed by atoms with Crippen molar-refractivity contribution in [2.45, 2.75) is 26.3 Å². The van der Waals surface area contributed by atoms with Crippen LogP contribution < -0.4 is 5.76 Å². The maximum Gasteiger partial charge on any atom is 0.419 e. The van der Waals surface area contributed by atoms with Gasteiger partial charge in [-0.15, -0.1) is 0 Å². The van der Waals surface area contributed by atoms with Crippen molar-refractivity contribution < 1.29 is 4.42 Å². The summed E-state index contributed by atoms with van der Waals surface area (Å²) in [6, 6.07) is 5.25. The van der Waals surface area contributed by atoms with E-state index in [9.17, 15) is 4.79 Å². The van der Waals surface area contributed by atoms with Crippen molar-refractivity contribution in [3.8, 4) is 0 Å². The van der Waals surface area contributed by atoms with Crippen LogP contribution in [-0.4, -0.2) is 4.57 Å². The average molecular weight is 226 g/mol. The Morgan fingerprint density at radius 1 is 1.47 bits per heavy atom. The van der Waals surface area contributed by atoms with E-state index in [1.807, 2.05) is 6.07 Å². The van der Waals surface area contributed by atoms with E-state index in [0.717, 1.165) is 18.4 Å². The van der Waals surface area contributed by atoms with Gasteiger partial charge in [0.05, 0.1) is 5.52 Å². The Balaban J connectivity index is 2.53. The number of oxazole rings is 1. The van der Waals surface area contributed by atoms with Gasteiger partial charge < -0.3 is 4.42 Å². The fraction of sp³-hybridized carbons (Fsp3) is 0.364. The van der Waals surface area contributed by atoms with Crippen LogP contribution in [0.15, 0.2) is 27.4 Å². The third kappa shape index (κ3) is 1.92. The monoisotopic (exact) mass is 225 g/mol. The number of aromatic nitrogens is 1. The fourth-order valence-corrected chi connectivity index (χ4v) is 1.73. The van der Waals surface area contributed by atoms with Crippen LogP contribution in [0.5, 0.6) is 0 Å². The van der Waals surface area contributed by atoms with Gasteiger partial charge in [-0.25, -0.2) is 4.79 Å². The van der Waals surface area contributed by atoms with E-state index < -0.39 is 0 Å². The summed E-state index contributed by atoms with van der Waals surface area (Å²) in [5.41, 5.74) is 1.38. The van der Waals surface area contributed by atoms with Crippen molar-refractivity contribution in [1.82, 2.24) is 4.57 Å². The lowest BCUT2D eigenvalue weighted by Crippen LogP contribution is -2.13. The highest BCUT2D eigenvalue weighted by molar-refractivity contribution is 6.31. The van der Waals surface area contributed by atoms with Crippen molar-refractivity contribution in [2.75, 3.05) is 0 Å². The molecule has 2 rings (SSSR count). The molecule has 0 unspecified atom stereocenters. The molecule has 0 atom stereocenters. The second-order valence-corrected chi connectivity index (χ2v) is 3.92. The predicted molar refractivity (Wildman–Crippen MR) is 60.4 cm³/mol. The molecule has 0 N–H and O–H groups in total.